The summed E-state index contributed by atoms with van der Waals surface area (Å²) in [6, 6.07) is 6.40. The molecular formula is C15H21NO. The molecule has 1 aliphatic carbocycles. The molecule has 0 radical (unpaired) electrons. The van der Waals surface area contributed by atoms with E-state index in [9.17, 15) is 0 Å². The molecule has 1 aliphatic heterocycles. The number of fused-ring (bicyclic) bond motifs is 1. The van der Waals surface area contributed by atoms with Crippen LogP contribution in [0, 0.1) is 0 Å². The Bertz CT molecular complexity index is 421. The van der Waals surface area contributed by atoms with Crippen molar-refractivity contribution in [1.82, 2.24) is 0 Å². The number of nitrogens with two attached hydrogens (primary N) is 1. The summed E-state index contributed by atoms with van der Waals surface area (Å²) in [5.41, 5.74) is 9.21. The van der Waals surface area contributed by atoms with Crippen LogP contribution in [0.4, 0.5) is 0 Å². The van der Waals surface area contributed by atoms with Crippen molar-refractivity contribution in [1.29, 1.82) is 0 Å². The van der Waals surface area contributed by atoms with E-state index in [1.165, 1.54) is 24.0 Å². The quantitative estimate of drug-likeness (QED) is 0.806. The third-order valence-electron chi connectivity index (χ3n) is 4.29. The first-order chi connectivity index (χ1) is 8.19. The highest BCUT2D eigenvalue weighted by Gasteiger charge is 2.34. The van der Waals surface area contributed by atoms with Gasteiger partial charge in [-0.05, 0) is 49.8 Å². The molecule has 0 spiro atoms. The Hall–Kier alpha value is -1.02. The van der Waals surface area contributed by atoms with Crippen molar-refractivity contribution in [3.63, 3.8) is 0 Å². The van der Waals surface area contributed by atoms with Crippen molar-refractivity contribution in [3.05, 3.63) is 29.3 Å². The van der Waals surface area contributed by atoms with Gasteiger partial charge in [-0.3, -0.25) is 0 Å². The van der Waals surface area contributed by atoms with Gasteiger partial charge >= 0.3 is 0 Å². The van der Waals surface area contributed by atoms with E-state index in [0.717, 1.165) is 31.4 Å². The van der Waals surface area contributed by atoms with Crippen LogP contribution in [-0.4, -0.2) is 6.10 Å². The van der Waals surface area contributed by atoms with Crippen LogP contribution in [-0.2, 0) is 12.0 Å². The van der Waals surface area contributed by atoms with Gasteiger partial charge in [0.05, 0.1) is 6.10 Å². The Labute approximate surface area is 103 Å². The lowest BCUT2D eigenvalue weighted by Crippen LogP contribution is -2.35. The van der Waals surface area contributed by atoms with Gasteiger partial charge in [0, 0.05) is 5.54 Å². The zero-order valence-electron chi connectivity index (χ0n) is 10.5. The third-order valence-corrected chi connectivity index (χ3v) is 4.29. The van der Waals surface area contributed by atoms with Crippen LogP contribution >= 0.6 is 0 Å². The molecule has 1 fully saturated rings. The molecule has 1 saturated carbocycles. The summed E-state index contributed by atoms with van der Waals surface area (Å²) >= 11 is 0. The van der Waals surface area contributed by atoms with Gasteiger partial charge in [0.25, 0.3) is 0 Å². The SMILES string of the molecule is CC1CCc2c(cccc2C2(N)CCCC2)O1. The predicted molar refractivity (Wildman–Crippen MR) is 69.2 cm³/mol. The molecule has 17 heavy (non-hydrogen) atoms. The van der Waals surface area contributed by atoms with Crippen LogP contribution in [0.5, 0.6) is 5.75 Å². The van der Waals surface area contributed by atoms with E-state index in [2.05, 4.69) is 25.1 Å². The molecule has 2 heteroatoms. The Kier molecular flexibility index (Phi) is 2.62. The molecule has 1 unspecified atom stereocenters. The van der Waals surface area contributed by atoms with Gasteiger partial charge in [0.1, 0.15) is 5.75 Å². The highest BCUT2D eigenvalue weighted by atomic mass is 16.5. The number of hydrogen-bond donors (Lipinski definition) is 1. The summed E-state index contributed by atoms with van der Waals surface area (Å²) in [6.07, 6.45) is 7.34. The average molecular weight is 231 g/mol. The molecule has 2 nitrogen and oxygen atoms in total. The van der Waals surface area contributed by atoms with Crippen molar-refractivity contribution in [2.75, 3.05) is 0 Å². The molecule has 1 aromatic rings. The monoisotopic (exact) mass is 231 g/mol. The molecular weight excluding hydrogens is 210 g/mol. The van der Waals surface area contributed by atoms with E-state index in [4.69, 9.17) is 10.5 Å². The van der Waals surface area contributed by atoms with E-state index in [-0.39, 0.29) is 5.54 Å². The number of benzene rings is 1. The molecule has 2 N–H and O–H groups in total. The second-order valence-electron chi connectivity index (χ2n) is 5.61. The first-order valence-electron chi connectivity index (χ1n) is 6.77. The van der Waals surface area contributed by atoms with Crippen molar-refractivity contribution in [2.45, 2.75) is 57.1 Å². The van der Waals surface area contributed by atoms with E-state index in [1.54, 1.807) is 0 Å². The fourth-order valence-electron chi connectivity index (χ4n) is 3.30. The van der Waals surface area contributed by atoms with Crippen molar-refractivity contribution >= 4 is 0 Å². The summed E-state index contributed by atoms with van der Waals surface area (Å²) < 4.78 is 5.92. The fourth-order valence-corrected chi connectivity index (χ4v) is 3.30. The minimum Gasteiger partial charge on any atom is -0.490 e. The topological polar surface area (TPSA) is 35.2 Å². The number of rotatable bonds is 1. The first kappa shape index (κ1) is 11.1. The Morgan fingerprint density at radius 3 is 2.82 bits per heavy atom. The van der Waals surface area contributed by atoms with Crippen LogP contribution in [0.15, 0.2) is 18.2 Å². The summed E-state index contributed by atoms with van der Waals surface area (Å²) in [5, 5.41) is 0. The zero-order chi connectivity index (χ0) is 11.9. The first-order valence-corrected chi connectivity index (χ1v) is 6.77. The smallest absolute Gasteiger partial charge is 0.123 e. The summed E-state index contributed by atoms with van der Waals surface area (Å²) in [6.45, 7) is 2.14. The standard InChI is InChI=1S/C15H21NO/c1-11-7-8-12-13(5-4-6-14(12)17-11)15(16)9-2-3-10-15/h4-6,11H,2-3,7-10,16H2,1H3. The van der Waals surface area contributed by atoms with Crippen molar-refractivity contribution < 1.29 is 4.74 Å². The maximum atomic E-state index is 6.58. The zero-order valence-corrected chi connectivity index (χ0v) is 10.5. The minimum absolute atomic E-state index is 0.0880. The molecule has 0 bridgehead atoms. The van der Waals surface area contributed by atoms with Gasteiger partial charge in [-0.2, -0.15) is 0 Å². The minimum atomic E-state index is -0.0880. The molecule has 92 valence electrons. The van der Waals surface area contributed by atoms with Crippen LogP contribution < -0.4 is 10.5 Å². The van der Waals surface area contributed by atoms with Crippen LogP contribution in [0.25, 0.3) is 0 Å². The van der Waals surface area contributed by atoms with Crippen LogP contribution in [0.1, 0.15) is 50.2 Å². The normalized spacial score (nSPS) is 26.4. The lowest BCUT2D eigenvalue weighted by atomic mass is 9.83. The molecule has 1 heterocycles. The second kappa shape index (κ2) is 4.02. The largest absolute Gasteiger partial charge is 0.490 e. The molecule has 0 amide bonds. The molecule has 0 saturated heterocycles. The Morgan fingerprint density at radius 1 is 1.29 bits per heavy atom. The summed E-state index contributed by atoms with van der Waals surface area (Å²) in [5.74, 6) is 1.07. The summed E-state index contributed by atoms with van der Waals surface area (Å²) in [4.78, 5) is 0. The highest BCUT2D eigenvalue weighted by molar-refractivity contribution is 5.45. The Morgan fingerprint density at radius 2 is 2.06 bits per heavy atom. The van der Waals surface area contributed by atoms with Crippen molar-refractivity contribution in [2.24, 2.45) is 5.73 Å². The van der Waals surface area contributed by atoms with E-state index in [0.29, 0.717) is 6.10 Å². The van der Waals surface area contributed by atoms with Gasteiger partial charge in [0.15, 0.2) is 0 Å². The lowest BCUT2D eigenvalue weighted by Gasteiger charge is -2.32. The molecule has 1 aromatic carbocycles. The lowest BCUT2D eigenvalue weighted by molar-refractivity contribution is 0.190. The Balaban J connectivity index is 2.03. The van der Waals surface area contributed by atoms with E-state index >= 15 is 0 Å². The molecule has 2 aliphatic rings. The molecule has 1 atom stereocenters. The van der Waals surface area contributed by atoms with Gasteiger partial charge in [0.2, 0.25) is 0 Å². The van der Waals surface area contributed by atoms with Crippen LogP contribution in [0.2, 0.25) is 0 Å². The maximum Gasteiger partial charge on any atom is 0.123 e. The second-order valence-corrected chi connectivity index (χ2v) is 5.61. The van der Waals surface area contributed by atoms with E-state index < -0.39 is 0 Å². The fraction of sp³-hybridized carbons (Fsp3) is 0.600. The highest BCUT2D eigenvalue weighted by Crippen LogP contribution is 2.42. The average Bonchev–Trinajstić information content (AvgIpc) is 2.76. The van der Waals surface area contributed by atoms with Gasteiger partial charge in [-0.15, -0.1) is 0 Å². The van der Waals surface area contributed by atoms with Gasteiger partial charge in [-0.1, -0.05) is 25.0 Å². The van der Waals surface area contributed by atoms with Crippen LogP contribution in [0.3, 0.4) is 0 Å². The number of hydrogen-bond acceptors (Lipinski definition) is 2. The predicted octanol–water partition coefficient (Wildman–Crippen LogP) is 3.13. The van der Waals surface area contributed by atoms with Gasteiger partial charge in [-0.25, -0.2) is 0 Å². The van der Waals surface area contributed by atoms with Gasteiger partial charge < -0.3 is 10.5 Å². The molecule has 3 rings (SSSR count). The summed E-state index contributed by atoms with van der Waals surface area (Å²) in [7, 11) is 0. The number of ether oxygens (including phenoxy) is 1. The van der Waals surface area contributed by atoms with E-state index in [1.807, 2.05) is 0 Å². The molecule has 0 aromatic heterocycles. The third kappa shape index (κ3) is 1.85. The van der Waals surface area contributed by atoms with Crippen molar-refractivity contribution in [3.8, 4) is 5.75 Å². The maximum absolute atomic E-state index is 6.58.